The first-order chi connectivity index (χ1) is 5.47. The Morgan fingerprint density at radius 1 is 1.42 bits per heavy atom. The maximum atomic E-state index is 11.0. The number of aliphatic carboxylic acids is 1. The largest absolute Gasteiger partial charge is 0.481 e. The molecule has 0 aliphatic heterocycles. The number of hydrogen-bond donors (Lipinski definition) is 1. The van der Waals surface area contributed by atoms with Crippen molar-refractivity contribution in [3.63, 3.8) is 0 Å². The topological polar surface area (TPSA) is 37.3 Å². The van der Waals surface area contributed by atoms with Crippen molar-refractivity contribution in [1.29, 1.82) is 0 Å². The van der Waals surface area contributed by atoms with Crippen LogP contribution in [0.3, 0.4) is 0 Å². The molecule has 0 bridgehead atoms. The lowest BCUT2D eigenvalue weighted by atomic mass is 9.65. The molecule has 1 aliphatic carbocycles. The Morgan fingerprint density at radius 3 is 2.42 bits per heavy atom. The molecule has 2 heteroatoms. The van der Waals surface area contributed by atoms with Gasteiger partial charge in [-0.25, -0.2) is 0 Å². The number of carboxylic acids is 1. The molecule has 0 spiro atoms. The SMILES string of the molecule is C[C@@H]1CC[C@@H](C)[C@@](C)(C(=O)O)C1. The molecule has 1 rings (SSSR count). The van der Waals surface area contributed by atoms with Gasteiger partial charge in [0.2, 0.25) is 0 Å². The van der Waals surface area contributed by atoms with Gasteiger partial charge in [-0.05, 0) is 31.6 Å². The summed E-state index contributed by atoms with van der Waals surface area (Å²) in [6, 6.07) is 0. The second-order valence-corrected chi connectivity index (χ2v) is 4.51. The maximum Gasteiger partial charge on any atom is 0.309 e. The number of carbonyl (C=O) groups is 1. The molecule has 70 valence electrons. The molecule has 3 atom stereocenters. The first kappa shape index (κ1) is 9.56. The van der Waals surface area contributed by atoms with Gasteiger partial charge in [0.1, 0.15) is 0 Å². The minimum absolute atomic E-state index is 0.325. The van der Waals surface area contributed by atoms with E-state index in [0.717, 1.165) is 12.8 Å². The van der Waals surface area contributed by atoms with Crippen LogP contribution in [0.15, 0.2) is 0 Å². The second-order valence-electron chi connectivity index (χ2n) is 4.51. The first-order valence-corrected chi connectivity index (χ1v) is 4.70. The minimum Gasteiger partial charge on any atom is -0.481 e. The van der Waals surface area contributed by atoms with E-state index in [0.29, 0.717) is 11.8 Å². The van der Waals surface area contributed by atoms with Crippen molar-refractivity contribution in [3.8, 4) is 0 Å². The molecule has 0 saturated heterocycles. The summed E-state index contributed by atoms with van der Waals surface area (Å²) in [7, 11) is 0. The van der Waals surface area contributed by atoms with Crippen LogP contribution in [0, 0.1) is 17.3 Å². The fourth-order valence-corrected chi connectivity index (χ4v) is 2.18. The van der Waals surface area contributed by atoms with Gasteiger partial charge in [0.25, 0.3) is 0 Å². The van der Waals surface area contributed by atoms with Crippen molar-refractivity contribution < 1.29 is 9.90 Å². The highest BCUT2D eigenvalue weighted by Gasteiger charge is 2.42. The van der Waals surface area contributed by atoms with Crippen molar-refractivity contribution in [2.45, 2.75) is 40.0 Å². The van der Waals surface area contributed by atoms with Gasteiger partial charge in [0.15, 0.2) is 0 Å². The molecular weight excluding hydrogens is 152 g/mol. The van der Waals surface area contributed by atoms with E-state index in [9.17, 15) is 4.79 Å². The highest BCUT2D eigenvalue weighted by Crippen LogP contribution is 2.43. The summed E-state index contributed by atoms with van der Waals surface area (Å²) in [5.41, 5.74) is -0.475. The molecule has 0 aromatic carbocycles. The van der Waals surface area contributed by atoms with Crippen molar-refractivity contribution >= 4 is 5.97 Å². The standard InChI is InChI=1S/C10H18O2/c1-7-4-5-8(2)10(3,6-7)9(11)12/h7-8H,4-6H2,1-3H3,(H,11,12)/t7-,8-,10+/m1/s1. The van der Waals surface area contributed by atoms with E-state index in [1.165, 1.54) is 6.42 Å². The van der Waals surface area contributed by atoms with Gasteiger partial charge in [0, 0.05) is 0 Å². The zero-order valence-corrected chi connectivity index (χ0v) is 8.13. The third kappa shape index (κ3) is 1.47. The predicted molar refractivity (Wildman–Crippen MR) is 47.9 cm³/mol. The molecule has 12 heavy (non-hydrogen) atoms. The van der Waals surface area contributed by atoms with Crippen LogP contribution in [0.2, 0.25) is 0 Å². The van der Waals surface area contributed by atoms with E-state index in [1.54, 1.807) is 0 Å². The van der Waals surface area contributed by atoms with Gasteiger partial charge in [-0.1, -0.05) is 20.3 Å². The Labute approximate surface area is 74.0 Å². The monoisotopic (exact) mass is 170 g/mol. The molecule has 0 amide bonds. The molecule has 0 radical (unpaired) electrons. The fraction of sp³-hybridized carbons (Fsp3) is 0.900. The molecule has 2 nitrogen and oxygen atoms in total. The van der Waals surface area contributed by atoms with E-state index in [4.69, 9.17) is 5.11 Å². The minimum atomic E-state index is -0.624. The van der Waals surface area contributed by atoms with Crippen LogP contribution < -0.4 is 0 Å². The Morgan fingerprint density at radius 2 is 2.00 bits per heavy atom. The van der Waals surface area contributed by atoms with Gasteiger partial charge < -0.3 is 5.11 Å². The normalized spacial score (nSPS) is 42.6. The average Bonchev–Trinajstić information content (AvgIpc) is 1.97. The molecule has 0 aromatic heterocycles. The summed E-state index contributed by atoms with van der Waals surface area (Å²) in [5, 5.41) is 9.09. The van der Waals surface area contributed by atoms with Crippen LogP contribution in [0.25, 0.3) is 0 Å². The number of carboxylic acid groups (broad SMARTS) is 1. The summed E-state index contributed by atoms with van der Waals surface area (Å²) < 4.78 is 0. The Balaban J connectivity index is 2.77. The zero-order chi connectivity index (χ0) is 9.35. The molecule has 0 aromatic rings. The summed E-state index contributed by atoms with van der Waals surface area (Å²) in [4.78, 5) is 11.0. The van der Waals surface area contributed by atoms with Gasteiger partial charge in [0.05, 0.1) is 5.41 Å². The van der Waals surface area contributed by atoms with E-state index >= 15 is 0 Å². The summed E-state index contributed by atoms with van der Waals surface area (Å²) >= 11 is 0. The molecule has 0 heterocycles. The molecule has 1 aliphatic rings. The van der Waals surface area contributed by atoms with Crippen molar-refractivity contribution in [2.24, 2.45) is 17.3 Å². The smallest absolute Gasteiger partial charge is 0.309 e. The van der Waals surface area contributed by atoms with Gasteiger partial charge in [-0.15, -0.1) is 0 Å². The average molecular weight is 170 g/mol. The van der Waals surface area contributed by atoms with Crippen LogP contribution in [-0.2, 0) is 4.79 Å². The third-order valence-corrected chi connectivity index (χ3v) is 3.44. The summed E-state index contributed by atoms with van der Waals surface area (Å²) in [6.07, 6.45) is 3.08. The van der Waals surface area contributed by atoms with E-state index in [-0.39, 0.29) is 0 Å². The van der Waals surface area contributed by atoms with Crippen LogP contribution in [-0.4, -0.2) is 11.1 Å². The lowest BCUT2D eigenvalue weighted by Crippen LogP contribution is -2.39. The Kier molecular flexibility index (Phi) is 2.45. The van der Waals surface area contributed by atoms with E-state index < -0.39 is 11.4 Å². The second kappa shape index (κ2) is 3.08. The summed E-state index contributed by atoms with van der Waals surface area (Å²) in [5.74, 6) is 0.273. The lowest BCUT2D eigenvalue weighted by molar-refractivity contribution is -0.154. The van der Waals surface area contributed by atoms with E-state index in [2.05, 4.69) is 13.8 Å². The van der Waals surface area contributed by atoms with Crippen LogP contribution in [0.4, 0.5) is 0 Å². The molecular formula is C10H18O2. The van der Waals surface area contributed by atoms with Crippen LogP contribution in [0.1, 0.15) is 40.0 Å². The highest BCUT2D eigenvalue weighted by atomic mass is 16.4. The molecule has 1 N–H and O–H groups in total. The number of rotatable bonds is 1. The fourth-order valence-electron chi connectivity index (χ4n) is 2.18. The van der Waals surface area contributed by atoms with Gasteiger partial charge >= 0.3 is 5.97 Å². The van der Waals surface area contributed by atoms with Crippen LogP contribution in [0.5, 0.6) is 0 Å². The number of hydrogen-bond acceptors (Lipinski definition) is 1. The maximum absolute atomic E-state index is 11.0. The molecule has 1 saturated carbocycles. The lowest BCUT2D eigenvalue weighted by Gasteiger charge is -2.38. The highest BCUT2D eigenvalue weighted by molar-refractivity contribution is 5.74. The zero-order valence-electron chi connectivity index (χ0n) is 8.13. The molecule has 1 fully saturated rings. The first-order valence-electron chi connectivity index (χ1n) is 4.70. The van der Waals surface area contributed by atoms with E-state index in [1.807, 2.05) is 6.92 Å². The Hall–Kier alpha value is -0.530. The van der Waals surface area contributed by atoms with Crippen molar-refractivity contribution in [1.82, 2.24) is 0 Å². The van der Waals surface area contributed by atoms with Crippen molar-refractivity contribution in [2.75, 3.05) is 0 Å². The van der Waals surface area contributed by atoms with Crippen molar-refractivity contribution in [3.05, 3.63) is 0 Å². The quantitative estimate of drug-likeness (QED) is 0.656. The summed E-state index contributed by atoms with van der Waals surface area (Å²) in [6.45, 7) is 6.09. The van der Waals surface area contributed by atoms with Crippen LogP contribution >= 0.6 is 0 Å². The molecule has 0 unspecified atom stereocenters. The Bertz CT molecular complexity index is 188. The van der Waals surface area contributed by atoms with Gasteiger partial charge in [-0.3, -0.25) is 4.79 Å². The van der Waals surface area contributed by atoms with Gasteiger partial charge in [-0.2, -0.15) is 0 Å². The predicted octanol–water partition coefficient (Wildman–Crippen LogP) is 2.53. The third-order valence-electron chi connectivity index (χ3n) is 3.44.